The zero-order valence-electron chi connectivity index (χ0n) is 17.3. The molecule has 1 rings (SSSR count). The molecule has 11 nitrogen and oxygen atoms in total. The molecule has 1 aliphatic heterocycles. The van der Waals surface area contributed by atoms with Crippen molar-refractivity contribution in [2.75, 3.05) is 85.1 Å². The summed E-state index contributed by atoms with van der Waals surface area (Å²) in [5.41, 5.74) is 0. The number of carbonyl (C=O) groups is 3. The fraction of sp³-hybridized carbons (Fsp3) is 0.778. The first-order valence-electron chi connectivity index (χ1n) is 9.82. The monoisotopic (exact) mass is 600 g/mol. The van der Waals surface area contributed by atoms with Gasteiger partial charge < -0.3 is 34.6 Å². The average molecular weight is 600 g/mol. The van der Waals surface area contributed by atoms with Crippen LogP contribution in [0.2, 0.25) is 0 Å². The van der Waals surface area contributed by atoms with Gasteiger partial charge in [-0.3, -0.25) is 14.7 Å². The van der Waals surface area contributed by atoms with E-state index in [9.17, 15) is 29.7 Å². The number of carbonyl (C=O) groups excluding carboxylic acids is 3. The van der Waals surface area contributed by atoms with Crippen LogP contribution < -0.4 is 15.3 Å². The topological polar surface area (TPSA) is 146 Å². The van der Waals surface area contributed by atoms with Gasteiger partial charge in [-0.25, -0.2) is 4.99 Å². The molecule has 31 heavy (non-hydrogen) atoms. The molecule has 1 radical (unpaired) electrons. The van der Waals surface area contributed by atoms with Crippen LogP contribution in [0.3, 0.4) is 0 Å². The molecule has 1 fully saturated rings. The Bertz CT molecular complexity index is 590. The number of hydrogen-bond acceptors (Lipinski definition) is 12. The van der Waals surface area contributed by atoms with Crippen molar-refractivity contribution < 1.29 is 69.6 Å². The molecule has 1 saturated heterocycles. The molecule has 0 aliphatic carbocycles. The van der Waals surface area contributed by atoms with Gasteiger partial charge in [-0.2, -0.15) is 0 Å². The smallest absolute Gasteiger partial charge is 0.549 e. The number of aliphatic carboxylic acids is 3. The van der Waals surface area contributed by atoms with Crippen LogP contribution >= 0.6 is 12.2 Å². The Kier molecular flexibility index (Phi) is 17.5. The minimum atomic E-state index is -1.25. The summed E-state index contributed by atoms with van der Waals surface area (Å²) in [5, 5.41) is 35.5. The van der Waals surface area contributed by atoms with Crippen LogP contribution in [0.25, 0.3) is 0 Å². The van der Waals surface area contributed by atoms with Gasteiger partial charge in [0, 0.05) is 78.5 Å². The van der Waals surface area contributed by atoms with Gasteiger partial charge in [0.15, 0.2) is 0 Å². The molecule has 0 aromatic heterocycles. The molecule has 0 aromatic rings. The molecular weight excluding hydrogens is 572 g/mol. The van der Waals surface area contributed by atoms with E-state index >= 15 is 0 Å². The van der Waals surface area contributed by atoms with Crippen LogP contribution in [0.15, 0.2) is 4.99 Å². The van der Waals surface area contributed by atoms with Gasteiger partial charge in [0.05, 0.1) is 29.6 Å². The molecule has 0 aromatic carbocycles. The van der Waals surface area contributed by atoms with E-state index in [-0.39, 0.29) is 59.6 Å². The Morgan fingerprint density at radius 3 is 1.32 bits per heavy atom. The van der Waals surface area contributed by atoms with Gasteiger partial charge in [-0.05, 0) is 18.6 Å². The van der Waals surface area contributed by atoms with Crippen LogP contribution in [0, 0.1) is 39.9 Å². The van der Waals surface area contributed by atoms with Gasteiger partial charge in [0.1, 0.15) is 0 Å². The zero-order valence-corrected chi connectivity index (χ0v) is 20.4. The van der Waals surface area contributed by atoms with E-state index in [4.69, 9.17) is 0 Å². The first-order valence-corrected chi connectivity index (χ1v) is 10.2. The number of isothiocyanates is 1. The predicted octanol–water partition coefficient (Wildman–Crippen LogP) is -5.05. The Balaban J connectivity index is 0.00000900. The van der Waals surface area contributed by atoms with Crippen molar-refractivity contribution in [2.45, 2.75) is 6.42 Å². The van der Waals surface area contributed by atoms with Crippen LogP contribution in [-0.2, 0) is 14.4 Å². The number of rotatable bonds is 10. The van der Waals surface area contributed by atoms with E-state index in [1.54, 1.807) is 14.7 Å². The van der Waals surface area contributed by atoms with Crippen molar-refractivity contribution in [1.82, 2.24) is 19.6 Å². The number of aliphatic imine (C=N–C) groups is 1. The SMILES string of the molecule is O=C([O-])CN1CCN(CCCN=C=S)CCN(CC(=O)[O-])CCN(CC(=O)[O-])CC1.[Gd+3]. The van der Waals surface area contributed by atoms with E-state index in [0.29, 0.717) is 65.4 Å². The Labute approximate surface area is 219 Å². The summed E-state index contributed by atoms with van der Waals surface area (Å²) in [5.74, 6) is -3.64. The first-order chi connectivity index (χ1) is 14.3. The molecule has 0 saturated carbocycles. The van der Waals surface area contributed by atoms with Crippen molar-refractivity contribution in [3.05, 3.63) is 0 Å². The molecule has 0 atom stereocenters. The number of thiocarbonyl (C=S) groups is 1. The second-order valence-corrected chi connectivity index (χ2v) is 7.30. The summed E-state index contributed by atoms with van der Waals surface area (Å²) in [4.78, 5) is 44.3. The van der Waals surface area contributed by atoms with E-state index in [2.05, 4.69) is 27.3 Å². The molecule has 0 unspecified atom stereocenters. The van der Waals surface area contributed by atoms with E-state index in [0.717, 1.165) is 6.42 Å². The van der Waals surface area contributed by atoms with Crippen molar-refractivity contribution in [1.29, 1.82) is 0 Å². The van der Waals surface area contributed by atoms with Crippen molar-refractivity contribution in [3.8, 4) is 0 Å². The molecule has 1 aliphatic rings. The molecular formula is C18H28GdN5O6S. The largest absolute Gasteiger partial charge is 3.00 e. The van der Waals surface area contributed by atoms with Crippen LogP contribution in [0.1, 0.15) is 6.42 Å². The quantitative estimate of drug-likeness (QED) is 0.135. The standard InChI is InChI=1S/C18H31N5O6S.Gd/c24-16(25)12-21-6-4-20(3-1-2-19-15-30)5-7-22(13-17(26)27)9-11-23(10-8-21)14-18(28)29;/h1-14H2,(H,24,25)(H,26,27)(H,28,29);/q;+3/p-3. The number of carboxylic acid groups (broad SMARTS) is 3. The third-order valence-corrected chi connectivity index (χ3v) is 4.93. The van der Waals surface area contributed by atoms with Gasteiger partial charge in [0.2, 0.25) is 0 Å². The number of nitrogens with zero attached hydrogens (tertiary/aromatic N) is 5. The fourth-order valence-corrected chi connectivity index (χ4v) is 3.33. The maximum absolute atomic E-state index is 11.1. The molecule has 175 valence electrons. The van der Waals surface area contributed by atoms with E-state index in [1.807, 2.05) is 0 Å². The van der Waals surface area contributed by atoms with Crippen LogP contribution in [-0.4, -0.2) is 128 Å². The van der Waals surface area contributed by atoms with Gasteiger partial charge in [-0.1, -0.05) is 0 Å². The van der Waals surface area contributed by atoms with Crippen LogP contribution in [0.5, 0.6) is 0 Å². The molecule has 13 heteroatoms. The summed E-state index contributed by atoms with van der Waals surface area (Å²) < 4.78 is 0. The zero-order chi connectivity index (χ0) is 22.4. The molecule has 0 amide bonds. The maximum Gasteiger partial charge on any atom is 3.00 e. The minimum absolute atomic E-state index is 0. The first kappa shape index (κ1) is 30.4. The normalized spacial score (nSPS) is 18.1. The Hall–Kier alpha value is -0.625. The third-order valence-electron chi connectivity index (χ3n) is 4.80. The second kappa shape index (κ2) is 17.9. The van der Waals surface area contributed by atoms with Crippen molar-refractivity contribution in [2.24, 2.45) is 4.99 Å². The predicted molar refractivity (Wildman–Crippen MR) is 105 cm³/mol. The van der Waals surface area contributed by atoms with E-state index < -0.39 is 17.9 Å². The Morgan fingerprint density at radius 2 is 1.03 bits per heavy atom. The number of hydrogen-bond donors (Lipinski definition) is 0. The molecule has 1 heterocycles. The van der Waals surface area contributed by atoms with Crippen molar-refractivity contribution in [3.63, 3.8) is 0 Å². The summed E-state index contributed by atoms with van der Waals surface area (Å²) in [7, 11) is 0. The van der Waals surface area contributed by atoms with Gasteiger partial charge in [0.25, 0.3) is 0 Å². The van der Waals surface area contributed by atoms with E-state index in [1.165, 1.54) is 0 Å². The van der Waals surface area contributed by atoms with Gasteiger partial charge >= 0.3 is 39.9 Å². The summed E-state index contributed by atoms with van der Waals surface area (Å²) >= 11 is 4.56. The molecule has 0 N–H and O–H groups in total. The summed E-state index contributed by atoms with van der Waals surface area (Å²) in [6.45, 7) is 3.72. The summed E-state index contributed by atoms with van der Waals surface area (Å²) in [6, 6.07) is 0. The molecule has 0 spiro atoms. The second-order valence-electron chi connectivity index (χ2n) is 7.11. The van der Waals surface area contributed by atoms with Gasteiger partial charge in [-0.15, -0.1) is 0 Å². The number of carboxylic acids is 3. The Morgan fingerprint density at radius 1 is 0.710 bits per heavy atom. The molecule has 0 bridgehead atoms. The minimum Gasteiger partial charge on any atom is -0.549 e. The summed E-state index contributed by atoms with van der Waals surface area (Å²) in [6.07, 6.45) is 0.740. The third kappa shape index (κ3) is 15.8. The van der Waals surface area contributed by atoms with Crippen LogP contribution in [0.4, 0.5) is 0 Å². The maximum atomic E-state index is 11.1. The van der Waals surface area contributed by atoms with Crippen molar-refractivity contribution >= 4 is 35.3 Å². The fourth-order valence-electron chi connectivity index (χ4n) is 3.24. The average Bonchev–Trinajstić information content (AvgIpc) is 2.65.